The molecule has 0 amide bonds. The summed E-state index contributed by atoms with van der Waals surface area (Å²) in [5.41, 5.74) is 0. The number of hydrogen-bond acceptors (Lipinski definition) is 4. The fraction of sp³-hybridized carbons (Fsp3) is 0.923. The summed E-state index contributed by atoms with van der Waals surface area (Å²) in [6.45, 7) is 2.57. The van der Waals surface area contributed by atoms with E-state index in [1.54, 1.807) is 0 Å². The molecule has 2 aliphatic rings. The molecular formula is C13H23NO3. The number of aliphatic hydroxyl groups excluding tert-OH is 1. The number of Topliss-reactive ketones (excluding diaryl/α,β-unsaturated/α-hetero) is 1. The van der Waals surface area contributed by atoms with Gasteiger partial charge >= 0.3 is 0 Å². The van der Waals surface area contributed by atoms with Crippen LogP contribution in [-0.4, -0.2) is 54.7 Å². The highest BCUT2D eigenvalue weighted by Crippen LogP contribution is 2.25. The number of carbonyl (C=O) groups is 1. The van der Waals surface area contributed by atoms with Gasteiger partial charge in [-0.25, -0.2) is 0 Å². The van der Waals surface area contributed by atoms with E-state index in [2.05, 4.69) is 4.90 Å². The number of ketones is 1. The quantitative estimate of drug-likeness (QED) is 0.792. The van der Waals surface area contributed by atoms with Crippen LogP contribution in [-0.2, 0) is 9.53 Å². The lowest BCUT2D eigenvalue weighted by molar-refractivity contribution is -0.127. The number of ether oxygens (including phenoxy) is 1. The maximum Gasteiger partial charge on any atom is 0.149 e. The Balaban J connectivity index is 1.83. The van der Waals surface area contributed by atoms with Gasteiger partial charge in [-0.2, -0.15) is 0 Å². The monoisotopic (exact) mass is 241 g/mol. The molecule has 1 heterocycles. The van der Waals surface area contributed by atoms with Crippen LogP contribution in [0.4, 0.5) is 0 Å². The van der Waals surface area contributed by atoms with E-state index in [9.17, 15) is 9.90 Å². The van der Waals surface area contributed by atoms with Crippen molar-refractivity contribution in [2.75, 3.05) is 32.9 Å². The van der Waals surface area contributed by atoms with E-state index in [4.69, 9.17) is 4.74 Å². The molecule has 1 saturated heterocycles. The lowest BCUT2D eigenvalue weighted by atomic mass is 9.86. The third kappa shape index (κ3) is 3.50. The fourth-order valence-corrected chi connectivity index (χ4v) is 2.82. The molecule has 0 aromatic rings. The van der Waals surface area contributed by atoms with Crippen LogP contribution in [0, 0.1) is 5.92 Å². The van der Waals surface area contributed by atoms with E-state index < -0.39 is 0 Å². The fourth-order valence-electron chi connectivity index (χ4n) is 2.82. The lowest BCUT2D eigenvalue weighted by Crippen LogP contribution is -2.50. The normalized spacial score (nSPS) is 28.2. The molecule has 1 atom stereocenters. The predicted octanol–water partition coefficient (Wildman–Crippen LogP) is 0.829. The molecule has 1 unspecified atom stereocenters. The van der Waals surface area contributed by atoms with E-state index in [0.717, 1.165) is 19.4 Å². The summed E-state index contributed by atoms with van der Waals surface area (Å²) >= 11 is 0. The van der Waals surface area contributed by atoms with E-state index in [0.29, 0.717) is 25.5 Å². The molecule has 0 aromatic heterocycles. The molecule has 0 aromatic carbocycles. The van der Waals surface area contributed by atoms with Crippen molar-refractivity contribution in [3.05, 3.63) is 0 Å². The molecule has 2 fully saturated rings. The van der Waals surface area contributed by atoms with E-state index in [1.807, 2.05) is 0 Å². The van der Waals surface area contributed by atoms with Crippen LogP contribution in [0.15, 0.2) is 0 Å². The van der Waals surface area contributed by atoms with Gasteiger partial charge in [-0.05, 0) is 12.8 Å². The van der Waals surface area contributed by atoms with Gasteiger partial charge in [0.25, 0.3) is 0 Å². The smallest absolute Gasteiger partial charge is 0.149 e. The first-order chi connectivity index (χ1) is 8.31. The first-order valence-corrected chi connectivity index (χ1v) is 6.76. The van der Waals surface area contributed by atoms with E-state index in [1.165, 1.54) is 19.3 Å². The van der Waals surface area contributed by atoms with Crippen LogP contribution in [0.2, 0.25) is 0 Å². The van der Waals surface area contributed by atoms with E-state index in [-0.39, 0.29) is 18.6 Å². The molecule has 0 bridgehead atoms. The molecule has 0 spiro atoms. The Labute approximate surface area is 103 Å². The van der Waals surface area contributed by atoms with Crippen molar-refractivity contribution in [1.29, 1.82) is 0 Å². The molecule has 17 heavy (non-hydrogen) atoms. The SMILES string of the molecule is O=C(CN1CCOCC1CO)C1CCCCC1. The van der Waals surface area contributed by atoms with Gasteiger partial charge in [-0.1, -0.05) is 19.3 Å². The second-order valence-electron chi connectivity index (χ2n) is 5.18. The number of hydrogen-bond donors (Lipinski definition) is 1. The Morgan fingerprint density at radius 3 is 2.76 bits per heavy atom. The first-order valence-electron chi connectivity index (χ1n) is 6.76. The summed E-state index contributed by atoms with van der Waals surface area (Å²) < 4.78 is 5.32. The highest BCUT2D eigenvalue weighted by Gasteiger charge is 2.28. The summed E-state index contributed by atoms with van der Waals surface area (Å²) in [6.07, 6.45) is 5.80. The average molecular weight is 241 g/mol. The molecule has 1 aliphatic carbocycles. The third-order valence-electron chi connectivity index (χ3n) is 3.98. The van der Waals surface area contributed by atoms with Crippen molar-refractivity contribution in [3.63, 3.8) is 0 Å². The molecule has 2 rings (SSSR count). The molecule has 4 heteroatoms. The van der Waals surface area contributed by atoms with Crippen LogP contribution in [0.3, 0.4) is 0 Å². The number of aliphatic hydroxyl groups is 1. The predicted molar refractivity (Wildman–Crippen MR) is 64.8 cm³/mol. The van der Waals surface area contributed by atoms with Crippen LogP contribution in [0.25, 0.3) is 0 Å². The summed E-state index contributed by atoms with van der Waals surface area (Å²) in [4.78, 5) is 14.2. The molecule has 98 valence electrons. The molecule has 1 aliphatic heterocycles. The molecule has 4 nitrogen and oxygen atoms in total. The van der Waals surface area contributed by atoms with Gasteiger partial charge in [0, 0.05) is 12.5 Å². The maximum absolute atomic E-state index is 12.2. The van der Waals surface area contributed by atoms with Gasteiger partial charge in [0.1, 0.15) is 5.78 Å². The molecule has 1 saturated carbocycles. The summed E-state index contributed by atoms with van der Waals surface area (Å²) in [7, 11) is 0. The van der Waals surface area contributed by atoms with Crippen molar-refractivity contribution < 1.29 is 14.6 Å². The zero-order chi connectivity index (χ0) is 12.1. The zero-order valence-electron chi connectivity index (χ0n) is 10.4. The minimum atomic E-state index is 0.0105. The second kappa shape index (κ2) is 6.47. The highest BCUT2D eigenvalue weighted by molar-refractivity contribution is 5.83. The second-order valence-corrected chi connectivity index (χ2v) is 5.18. The maximum atomic E-state index is 12.2. The summed E-state index contributed by atoms with van der Waals surface area (Å²) in [5.74, 6) is 0.635. The summed E-state index contributed by atoms with van der Waals surface area (Å²) in [5, 5.41) is 9.25. The number of morpholine rings is 1. The van der Waals surface area contributed by atoms with Crippen LogP contribution < -0.4 is 0 Å². The standard InChI is InChI=1S/C13H23NO3/c15-9-12-10-17-7-6-14(12)8-13(16)11-4-2-1-3-5-11/h11-12,15H,1-10H2. The van der Waals surface area contributed by atoms with Gasteiger partial charge in [0.05, 0.1) is 32.4 Å². The van der Waals surface area contributed by atoms with E-state index >= 15 is 0 Å². The van der Waals surface area contributed by atoms with Crippen molar-refractivity contribution in [3.8, 4) is 0 Å². The van der Waals surface area contributed by atoms with Gasteiger partial charge in [-0.15, -0.1) is 0 Å². The van der Waals surface area contributed by atoms with Crippen molar-refractivity contribution in [2.45, 2.75) is 38.1 Å². The number of rotatable bonds is 4. The third-order valence-corrected chi connectivity index (χ3v) is 3.98. The van der Waals surface area contributed by atoms with Crippen LogP contribution in [0.1, 0.15) is 32.1 Å². The van der Waals surface area contributed by atoms with Crippen molar-refractivity contribution in [2.24, 2.45) is 5.92 Å². The lowest BCUT2D eigenvalue weighted by Gasteiger charge is -2.35. The highest BCUT2D eigenvalue weighted by atomic mass is 16.5. The Morgan fingerprint density at radius 2 is 2.06 bits per heavy atom. The van der Waals surface area contributed by atoms with Crippen molar-refractivity contribution in [1.82, 2.24) is 4.90 Å². The Hall–Kier alpha value is -0.450. The Morgan fingerprint density at radius 1 is 1.29 bits per heavy atom. The first kappa shape index (κ1) is 13.0. The molecular weight excluding hydrogens is 218 g/mol. The van der Waals surface area contributed by atoms with Gasteiger partial charge in [-0.3, -0.25) is 9.69 Å². The topological polar surface area (TPSA) is 49.8 Å². The number of carbonyl (C=O) groups excluding carboxylic acids is 1. The Kier molecular flexibility index (Phi) is 4.95. The molecule has 1 N–H and O–H groups in total. The van der Waals surface area contributed by atoms with Gasteiger partial charge in [0.15, 0.2) is 0 Å². The minimum absolute atomic E-state index is 0.0105. The minimum Gasteiger partial charge on any atom is -0.395 e. The largest absolute Gasteiger partial charge is 0.395 e. The van der Waals surface area contributed by atoms with Gasteiger partial charge in [0.2, 0.25) is 0 Å². The van der Waals surface area contributed by atoms with Crippen LogP contribution >= 0.6 is 0 Å². The molecule has 0 radical (unpaired) electrons. The Bertz CT molecular complexity index is 251. The van der Waals surface area contributed by atoms with Crippen molar-refractivity contribution >= 4 is 5.78 Å². The average Bonchev–Trinajstić information content (AvgIpc) is 2.40. The zero-order valence-corrected chi connectivity index (χ0v) is 10.4. The number of nitrogens with zero attached hydrogens (tertiary/aromatic N) is 1. The van der Waals surface area contributed by atoms with Crippen LogP contribution in [0.5, 0.6) is 0 Å². The van der Waals surface area contributed by atoms with Gasteiger partial charge < -0.3 is 9.84 Å². The summed E-state index contributed by atoms with van der Waals surface area (Å²) in [6, 6.07) is 0.0105.